The van der Waals surface area contributed by atoms with Gasteiger partial charge in [-0.1, -0.05) is 24.3 Å². The van der Waals surface area contributed by atoms with Crippen LogP contribution >= 0.6 is 0 Å². The number of phenolic OH excluding ortho intramolecular Hbond substituents is 1. The van der Waals surface area contributed by atoms with Crippen LogP contribution in [-0.4, -0.2) is 28.4 Å². The van der Waals surface area contributed by atoms with Crippen LogP contribution in [0.5, 0.6) is 5.75 Å². The van der Waals surface area contributed by atoms with Gasteiger partial charge in [-0.3, -0.25) is 14.5 Å². The van der Waals surface area contributed by atoms with Crippen molar-refractivity contribution in [1.29, 1.82) is 0 Å². The number of rotatable bonds is 3. The molecule has 0 spiro atoms. The molecule has 2 aromatic rings. The van der Waals surface area contributed by atoms with E-state index >= 15 is 0 Å². The topological polar surface area (TPSA) is 57.6 Å². The van der Waals surface area contributed by atoms with Crippen molar-refractivity contribution in [3.8, 4) is 5.75 Å². The molecule has 2 aromatic carbocycles. The van der Waals surface area contributed by atoms with E-state index in [4.69, 9.17) is 0 Å². The Morgan fingerprint density at radius 3 is 1.95 bits per heavy atom. The zero-order valence-corrected chi connectivity index (χ0v) is 10.7. The molecule has 0 unspecified atom stereocenters. The minimum absolute atomic E-state index is 0.203. The van der Waals surface area contributed by atoms with Gasteiger partial charge in [-0.2, -0.15) is 0 Å². The molecule has 0 saturated heterocycles. The van der Waals surface area contributed by atoms with Gasteiger partial charge in [0.25, 0.3) is 11.8 Å². The van der Waals surface area contributed by atoms with E-state index in [2.05, 4.69) is 0 Å². The molecule has 0 radical (unpaired) electrons. The van der Waals surface area contributed by atoms with Gasteiger partial charge in [-0.15, -0.1) is 0 Å². The molecular formula is C16H13NO3. The second-order valence-corrected chi connectivity index (χ2v) is 4.72. The molecule has 2 amide bonds. The number of amides is 2. The molecule has 4 heteroatoms. The van der Waals surface area contributed by atoms with E-state index < -0.39 is 0 Å². The van der Waals surface area contributed by atoms with E-state index in [1.807, 2.05) is 0 Å². The highest BCUT2D eigenvalue weighted by atomic mass is 16.3. The Kier molecular flexibility index (Phi) is 2.99. The maximum absolute atomic E-state index is 12.1. The van der Waals surface area contributed by atoms with Crippen molar-refractivity contribution < 1.29 is 14.7 Å². The number of benzene rings is 2. The minimum Gasteiger partial charge on any atom is -0.508 e. The van der Waals surface area contributed by atoms with Gasteiger partial charge in [0, 0.05) is 6.54 Å². The summed E-state index contributed by atoms with van der Waals surface area (Å²) in [5.74, 6) is -0.261. The summed E-state index contributed by atoms with van der Waals surface area (Å²) in [6.45, 7) is 0.344. The molecule has 0 atom stereocenters. The molecule has 0 aromatic heterocycles. The van der Waals surface area contributed by atoms with Crippen molar-refractivity contribution in [2.45, 2.75) is 6.42 Å². The fourth-order valence-electron chi connectivity index (χ4n) is 2.35. The summed E-state index contributed by atoms with van der Waals surface area (Å²) in [4.78, 5) is 25.6. The zero-order valence-electron chi connectivity index (χ0n) is 10.7. The van der Waals surface area contributed by atoms with Gasteiger partial charge in [0.05, 0.1) is 11.1 Å². The molecule has 100 valence electrons. The SMILES string of the molecule is O=C1c2ccccc2C(=O)N1CCc1ccc(O)cc1. The number of carbonyl (C=O) groups excluding carboxylic acids is 2. The number of hydrogen-bond donors (Lipinski definition) is 1. The van der Waals surface area contributed by atoms with Crippen LogP contribution in [0.15, 0.2) is 48.5 Å². The van der Waals surface area contributed by atoms with Crippen LogP contribution in [0, 0.1) is 0 Å². The quantitative estimate of drug-likeness (QED) is 0.868. The summed E-state index contributed by atoms with van der Waals surface area (Å²) < 4.78 is 0. The smallest absolute Gasteiger partial charge is 0.261 e. The molecule has 0 fully saturated rings. The van der Waals surface area contributed by atoms with Crippen LogP contribution in [-0.2, 0) is 6.42 Å². The Morgan fingerprint density at radius 1 is 0.850 bits per heavy atom. The lowest BCUT2D eigenvalue weighted by Gasteiger charge is -2.13. The summed E-state index contributed by atoms with van der Waals surface area (Å²) in [5, 5.41) is 9.22. The lowest BCUT2D eigenvalue weighted by Crippen LogP contribution is -2.31. The highest BCUT2D eigenvalue weighted by Crippen LogP contribution is 2.22. The maximum atomic E-state index is 12.1. The van der Waals surface area contributed by atoms with Crippen LogP contribution in [0.4, 0.5) is 0 Å². The average molecular weight is 267 g/mol. The molecule has 0 saturated carbocycles. The van der Waals surface area contributed by atoms with Gasteiger partial charge in [0.15, 0.2) is 0 Å². The number of fused-ring (bicyclic) bond motifs is 1. The zero-order chi connectivity index (χ0) is 14.1. The Labute approximate surface area is 116 Å². The summed E-state index contributed by atoms with van der Waals surface area (Å²) >= 11 is 0. The lowest BCUT2D eigenvalue weighted by atomic mass is 10.1. The first kappa shape index (κ1) is 12.4. The third kappa shape index (κ3) is 2.05. The monoisotopic (exact) mass is 267 g/mol. The van der Waals surface area contributed by atoms with Crippen molar-refractivity contribution in [2.24, 2.45) is 0 Å². The molecule has 20 heavy (non-hydrogen) atoms. The molecule has 1 aliphatic heterocycles. The van der Waals surface area contributed by atoms with E-state index in [1.165, 1.54) is 4.90 Å². The first-order valence-corrected chi connectivity index (χ1v) is 6.40. The van der Waals surface area contributed by atoms with Crippen LogP contribution in [0.25, 0.3) is 0 Å². The first-order valence-electron chi connectivity index (χ1n) is 6.40. The number of nitrogens with zero attached hydrogens (tertiary/aromatic N) is 1. The van der Waals surface area contributed by atoms with Crippen LogP contribution < -0.4 is 0 Å². The Balaban J connectivity index is 1.75. The molecule has 1 aliphatic rings. The van der Waals surface area contributed by atoms with Crippen molar-refractivity contribution in [3.05, 3.63) is 65.2 Å². The molecule has 3 rings (SSSR count). The Bertz CT molecular complexity index is 641. The van der Waals surface area contributed by atoms with Gasteiger partial charge >= 0.3 is 0 Å². The van der Waals surface area contributed by atoms with Gasteiger partial charge < -0.3 is 5.11 Å². The number of aromatic hydroxyl groups is 1. The normalized spacial score (nSPS) is 13.7. The van der Waals surface area contributed by atoms with E-state index in [0.717, 1.165) is 5.56 Å². The van der Waals surface area contributed by atoms with Crippen molar-refractivity contribution >= 4 is 11.8 Å². The van der Waals surface area contributed by atoms with E-state index in [1.54, 1.807) is 48.5 Å². The highest BCUT2D eigenvalue weighted by molar-refractivity contribution is 6.21. The van der Waals surface area contributed by atoms with Crippen LogP contribution in [0.2, 0.25) is 0 Å². The highest BCUT2D eigenvalue weighted by Gasteiger charge is 2.34. The molecule has 0 bridgehead atoms. The van der Waals surface area contributed by atoms with Crippen LogP contribution in [0.3, 0.4) is 0 Å². The van der Waals surface area contributed by atoms with Gasteiger partial charge in [-0.25, -0.2) is 0 Å². The van der Waals surface area contributed by atoms with Gasteiger partial charge in [0.1, 0.15) is 5.75 Å². The lowest BCUT2D eigenvalue weighted by molar-refractivity contribution is 0.0656. The largest absolute Gasteiger partial charge is 0.508 e. The third-order valence-corrected chi connectivity index (χ3v) is 3.44. The fourth-order valence-corrected chi connectivity index (χ4v) is 2.35. The third-order valence-electron chi connectivity index (χ3n) is 3.44. The second-order valence-electron chi connectivity index (χ2n) is 4.72. The second kappa shape index (κ2) is 4.81. The average Bonchev–Trinajstić information content (AvgIpc) is 2.71. The van der Waals surface area contributed by atoms with Crippen molar-refractivity contribution in [2.75, 3.05) is 6.54 Å². The molecule has 0 aliphatic carbocycles. The number of hydrogen-bond acceptors (Lipinski definition) is 3. The van der Waals surface area contributed by atoms with E-state index in [0.29, 0.717) is 24.1 Å². The summed E-state index contributed by atoms with van der Waals surface area (Å²) in [6, 6.07) is 13.6. The summed E-state index contributed by atoms with van der Waals surface area (Å²) in [7, 11) is 0. The van der Waals surface area contributed by atoms with E-state index in [-0.39, 0.29) is 17.6 Å². The molecule has 4 nitrogen and oxygen atoms in total. The minimum atomic E-state index is -0.232. The molecule has 1 N–H and O–H groups in total. The predicted octanol–water partition coefficient (Wildman–Crippen LogP) is 2.23. The number of phenols is 1. The first-order chi connectivity index (χ1) is 9.66. The fraction of sp³-hybridized carbons (Fsp3) is 0.125. The van der Waals surface area contributed by atoms with Crippen molar-refractivity contribution in [1.82, 2.24) is 4.90 Å². The Morgan fingerprint density at radius 2 is 1.40 bits per heavy atom. The summed E-state index contributed by atoms with van der Waals surface area (Å²) in [5.41, 5.74) is 1.92. The summed E-state index contributed by atoms with van der Waals surface area (Å²) in [6.07, 6.45) is 0.575. The number of imide groups is 1. The van der Waals surface area contributed by atoms with Crippen molar-refractivity contribution in [3.63, 3.8) is 0 Å². The Hall–Kier alpha value is -2.62. The van der Waals surface area contributed by atoms with Gasteiger partial charge in [0.2, 0.25) is 0 Å². The molecular weight excluding hydrogens is 254 g/mol. The predicted molar refractivity (Wildman–Crippen MR) is 73.6 cm³/mol. The van der Waals surface area contributed by atoms with Crippen LogP contribution in [0.1, 0.15) is 26.3 Å². The maximum Gasteiger partial charge on any atom is 0.261 e. The van der Waals surface area contributed by atoms with Gasteiger partial charge in [-0.05, 0) is 36.2 Å². The number of carbonyl (C=O) groups is 2. The standard InChI is InChI=1S/C16H13NO3/c18-12-7-5-11(6-8-12)9-10-17-15(19)13-3-1-2-4-14(13)16(17)20/h1-8,18H,9-10H2. The van der Waals surface area contributed by atoms with E-state index in [9.17, 15) is 14.7 Å². The molecule has 1 heterocycles.